The van der Waals surface area contributed by atoms with E-state index in [0.717, 1.165) is 43.2 Å². The molecule has 138 valence electrons. The Labute approximate surface area is 153 Å². The molecule has 2 fully saturated rings. The number of aryl methyl sites for hydroxylation is 1. The Hall–Kier alpha value is -1.47. The van der Waals surface area contributed by atoms with E-state index >= 15 is 0 Å². The number of carbonyl (C=O) groups is 2. The number of aromatic nitrogens is 1. The van der Waals surface area contributed by atoms with Gasteiger partial charge in [0, 0.05) is 44.1 Å². The highest BCUT2D eigenvalue weighted by Crippen LogP contribution is 2.17. The number of piperazine rings is 1. The van der Waals surface area contributed by atoms with Crippen molar-refractivity contribution in [3.8, 4) is 0 Å². The van der Waals surface area contributed by atoms with E-state index in [4.69, 9.17) is 0 Å². The Morgan fingerprint density at radius 1 is 1.16 bits per heavy atom. The monoisotopic (exact) mass is 364 g/mol. The molecule has 0 spiro atoms. The first-order valence-corrected chi connectivity index (χ1v) is 10.1. The summed E-state index contributed by atoms with van der Waals surface area (Å²) in [5.74, 6) is 0.380. The van der Waals surface area contributed by atoms with Crippen molar-refractivity contribution >= 4 is 23.2 Å². The minimum atomic E-state index is 0.140. The fraction of sp³-hybridized carbons (Fsp3) is 0.722. The quantitative estimate of drug-likeness (QED) is 0.813. The Morgan fingerprint density at radius 2 is 1.92 bits per heavy atom. The number of amides is 2. The minimum absolute atomic E-state index is 0.140. The second-order valence-electron chi connectivity index (χ2n) is 7.12. The van der Waals surface area contributed by atoms with Crippen molar-refractivity contribution in [1.29, 1.82) is 0 Å². The predicted molar refractivity (Wildman–Crippen MR) is 98.6 cm³/mol. The summed E-state index contributed by atoms with van der Waals surface area (Å²) >= 11 is 1.58. The predicted octanol–water partition coefficient (Wildman–Crippen LogP) is 1.54. The van der Waals surface area contributed by atoms with E-state index < -0.39 is 0 Å². The normalized spacial score (nSPS) is 22.2. The van der Waals surface area contributed by atoms with Crippen molar-refractivity contribution < 1.29 is 9.59 Å². The second kappa shape index (κ2) is 8.27. The van der Waals surface area contributed by atoms with Gasteiger partial charge in [-0.2, -0.15) is 0 Å². The van der Waals surface area contributed by atoms with Crippen LogP contribution < -0.4 is 0 Å². The van der Waals surface area contributed by atoms with Crippen molar-refractivity contribution in [2.75, 3.05) is 39.3 Å². The molecule has 2 aliphatic rings. The van der Waals surface area contributed by atoms with Crippen LogP contribution in [0.5, 0.6) is 0 Å². The minimum Gasteiger partial charge on any atom is -0.340 e. The van der Waals surface area contributed by atoms with Gasteiger partial charge in [-0.15, -0.1) is 11.3 Å². The smallest absolute Gasteiger partial charge is 0.236 e. The lowest BCUT2D eigenvalue weighted by Crippen LogP contribution is -2.53. The van der Waals surface area contributed by atoms with Crippen LogP contribution in [0.15, 0.2) is 5.38 Å². The molecule has 0 aliphatic carbocycles. The topological polar surface area (TPSA) is 56.8 Å². The summed E-state index contributed by atoms with van der Waals surface area (Å²) in [5.41, 5.74) is 0.865. The van der Waals surface area contributed by atoms with Crippen LogP contribution >= 0.6 is 11.3 Å². The average molecular weight is 365 g/mol. The number of hydrogen-bond donors (Lipinski definition) is 0. The molecule has 25 heavy (non-hydrogen) atoms. The van der Waals surface area contributed by atoms with Gasteiger partial charge in [-0.25, -0.2) is 4.98 Å². The third-order valence-corrected chi connectivity index (χ3v) is 6.03. The third-order valence-electron chi connectivity index (χ3n) is 5.21. The molecule has 0 N–H and O–H groups in total. The maximum absolute atomic E-state index is 12.5. The third kappa shape index (κ3) is 4.79. The largest absolute Gasteiger partial charge is 0.340 e. The van der Waals surface area contributed by atoms with Crippen LogP contribution in [0.3, 0.4) is 0 Å². The van der Waals surface area contributed by atoms with E-state index in [1.54, 1.807) is 11.3 Å². The summed E-state index contributed by atoms with van der Waals surface area (Å²) in [6, 6.07) is 0.366. The summed E-state index contributed by atoms with van der Waals surface area (Å²) in [5, 5.41) is 2.96. The SMILES string of the molecule is Cc1nc(CC(=O)N2CCN(CC(=O)N3CCCCC3C)CC2)cs1. The van der Waals surface area contributed by atoms with Crippen molar-refractivity contribution in [3.63, 3.8) is 0 Å². The van der Waals surface area contributed by atoms with E-state index in [1.807, 2.05) is 22.1 Å². The molecule has 3 rings (SSSR count). The van der Waals surface area contributed by atoms with Gasteiger partial charge in [-0.05, 0) is 33.1 Å². The number of likely N-dealkylation sites (tertiary alicyclic amines) is 1. The van der Waals surface area contributed by atoms with Gasteiger partial charge in [0.15, 0.2) is 0 Å². The Morgan fingerprint density at radius 3 is 2.56 bits per heavy atom. The van der Waals surface area contributed by atoms with Crippen LogP contribution in [0.1, 0.15) is 36.9 Å². The zero-order valence-corrected chi connectivity index (χ0v) is 16.1. The summed E-state index contributed by atoms with van der Waals surface area (Å²) in [6.45, 7) is 8.43. The molecule has 1 atom stereocenters. The Bertz CT molecular complexity index is 610. The van der Waals surface area contributed by atoms with Gasteiger partial charge in [0.1, 0.15) is 0 Å². The molecule has 6 nitrogen and oxygen atoms in total. The second-order valence-corrected chi connectivity index (χ2v) is 8.19. The standard InChI is InChI=1S/C18H28N4O2S/c1-14-5-3-4-6-22(14)18(24)12-20-7-9-21(10-8-20)17(23)11-16-13-25-15(2)19-16/h13-14H,3-12H2,1-2H3. The molecule has 0 saturated carbocycles. The average Bonchev–Trinajstić information content (AvgIpc) is 3.00. The van der Waals surface area contributed by atoms with Crippen LogP contribution in [0, 0.1) is 6.92 Å². The highest BCUT2D eigenvalue weighted by atomic mass is 32.1. The van der Waals surface area contributed by atoms with Crippen molar-refractivity contribution in [2.45, 2.75) is 45.6 Å². The highest BCUT2D eigenvalue weighted by molar-refractivity contribution is 7.09. The molecule has 2 amide bonds. The van der Waals surface area contributed by atoms with Gasteiger partial charge in [0.2, 0.25) is 11.8 Å². The van der Waals surface area contributed by atoms with Crippen LogP contribution in [-0.4, -0.2) is 76.8 Å². The van der Waals surface area contributed by atoms with Crippen LogP contribution in [0.2, 0.25) is 0 Å². The molecule has 0 aromatic carbocycles. The van der Waals surface area contributed by atoms with Gasteiger partial charge in [-0.3, -0.25) is 14.5 Å². The maximum Gasteiger partial charge on any atom is 0.236 e. The summed E-state index contributed by atoms with van der Waals surface area (Å²) in [7, 11) is 0. The number of hydrogen-bond acceptors (Lipinski definition) is 5. The molecular formula is C18H28N4O2S. The lowest BCUT2D eigenvalue weighted by atomic mass is 10.0. The van der Waals surface area contributed by atoms with E-state index in [-0.39, 0.29) is 11.8 Å². The van der Waals surface area contributed by atoms with Gasteiger partial charge < -0.3 is 9.80 Å². The fourth-order valence-corrected chi connectivity index (χ4v) is 4.27. The maximum atomic E-state index is 12.5. The van der Waals surface area contributed by atoms with E-state index in [1.165, 1.54) is 6.42 Å². The summed E-state index contributed by atoms with van der Waals surface area (Å²) in [4.78, 5) is 35.4. The number of rotatable bonds is 4. The molecule has 3 heterocycles. The zero-order chi connectivity index (χ0) is 17.8. The molecule has 2 aliphatic heterocycles. The molecular weight excluding hydrogens is 336 g/mol. The summed E-state index contributed by atoms with van der Waals surface area (Å²) < 4.78 is 0. The van der Waals surface area contributed by atoms with Crippen LogP contribution in [-0.2, 0) is 16.0 Å². The number of piperidine rings is 1. The number of nitrogens with zero attached hydrogens (tertiary/aromatic N) is 4. The van der Waals surface area contributed by atoms with Gasteiger partial charge in [0.05, 0.1) is 23.7 Å². The first-order chi connectivity index (χ1) is 12.0. The van der Waals surface area contributed by atoms with Crippen molar-refractivity contribution in [3.05, 3.63) is 16.1 Å². The molecule has 2 saturated heterocycles. The van der Waals surface area contributed by atoms with Crippen molar-refractivity contribution in [1.82, 2.24) is 19.7 Å². The Balaban J connectivity index is 1.43. The molecule has 1 aromatic heterocycles. The van der Waals surface area contributed by atoms with E-state index in [0.29, 0.717) is 32.1 Å². The molecule has 7 heteroatoms. The van der Waals surface area contributed by atoms with E-state index in [2.05, 4.69) is 16.8 Å². The van der Waals surface area contributed by atoms with Crippen LogP contribution in [0.4, 0.5) is 0 Å². The molecule has 0 bridgehead atoms. The summed E-state index contributed by atoms with van der Waals surface area (Å²) in [6.07, 6.45) is 3.84. The van der Waals surface area contributed by atoms with Crippen molar-refractivity contribution in [2.24, 2.45) is 0 Å². The van der Waals surface area contributed by atoms with E-state index in [9.17, 15) is 9.59 Å². The van der Waals surface area contributed by atoms with Gasteiger partial charge in [-0.1, -0.05) is 0 Å². The molecule has 0 radical (unpaired) electrons. The first-order valence-electron chi connectivity index (χ1n) is 9.23. The first kappa shape index (κ1) is 18.3. The van der Waals surface area contributed by atoms with Gasteiger partial charge in [0.25, 0.3) is 0 Å². The Kier molecular flexibility index (Phi) is 6.06. The van der Waals surface area contributed by atoms with Gasteiger partial charge >= 0.3 is 0 Å². The lowest BCUT2D eigenvalue weighted by molar-refractivity contribution is -0.137. The molecule has 1 aromatic rings. The molecule has 1 unspecified atom stereocenters. The van der Waals surface area contributed by atoms with Crippen LogP contribution in [0.25, 0.3) is 0 Å². The highest BCUT2D eigenvalue weighted by Gasteiger charge is 2.27. The zero-order valence-electron chi connectivity index (χ0n) is 15.2. The number of thiazole rings is 1. The lowest BCUT2D eigenvalue weighted by Gasteiger charge is -2.38. The number of carbonyl (C=O) groups excluding carboxylic acids is 2. The fourth-order valence-electron chi connectivity index (χ4n) is 3.66.